The fraction of sp³-hybridized carbons (Fsp3) is 0.143. The van der Waals surface area contributed by atoms with Crippen molar-refractivity contribution in [2.24, 2.45) is 4.99 Å². The van der Waals surface area contributed by atoms with Gasteiger partial charge in [0.15, 0.2) is 5.70 Å². The van der Waals surface area contributed by atoms with Gasteiger partial charge in [-0.2, -0.15) is 0 Å². The molecule has 0 aromatic heterocycles. The largest absolute Gasteiger partial charge is 0.284 e. The molecule has 0 atom stereocenters. The molecule has 44 valence electrons. The van der Waals surface area contributed by atoms with Crippen LogP contribution in [0.25, 0.3) is 0 Å². The van der Waals surface area contributed by atoms with Crippen LogP contribution in [0.4, 0.5) is 0 Å². The van der Waals surface area contributed by atoms with Crippen LogP contribution in [-0.4, -0.2) is 12.1 Å². The highest BCUT2D eigenvalue weighted by Gasteiger charge is 2.17. The summed E-state index contributed by atoms with van der Waals surface area (Å²) in [6.45, 7) is 0. The first-order chi connectivity index (χ1) is 4.47. The van der Waals surface area contributed by atoms with Crippen molar-refractivity contribution >= 4 is 12.1 Å². The van der Waals surface area contributed by atoms with Crippen molar-refractivity contribution in [1.29, 1.82) is 0 Å². The minimum Gasteiger partial charge on any atom is -0.240 e. The van der Waals surface area contributed by atoms with Crippen molar-refractivity contribution in [3.63, 3.8) is 0 Å². The molecule has 0 saturated heterocycles. The van der Waals surface area contributed by atoms with Crippen molar-refractivity contribution in [3.8, 4) is 0 Å². The van der Waals surface area contributed by atoms with Gasteiger partial charge in [-0.15, -0.1) is 0 Å². The van der Waals surface area contributed by atoms with Crippen LogP contribution in [0.3, 0.4) is 0 Å². The van der Waals surface area contributed by atoms with Gasteiger partial charge in [0.05, 0.1) is 0 Å². The maximum atomic E-state index is 4.12. The van der Waals surface area contributed by atoms with E-state index in [-0.39, 0.29) is 0 Å². The minimum absolute atomic E-state index is 0.968. The quantitative estimate of drug-likeness (QED) is 0.440. The zero-order valence-corrected chi connectivity index (χ0v) is 4.96. The van der Waals surface area contributed by atoms with E-state index in [4.69, 9.17) is 0 Å². The van der Waals surface area contributed by atoms with Gasteiger partial charge in [-0.05, 0) is 11.1 Å². The van der Waals surface area contributed by atoms with E-state index in [0.29, 0.717) is 0 Å². The Morgan fingerprint density at radius 2 is 2.56 bits per heavy atom. The average Bonchev–Trinajstić information content (AvgIpc) is 2.33. The van der Waals surface area contributed by atoms with Crippen molar-refractivity contribution in [2.45, 2.75) is 6.42 Å². The van der Waals surface area contributed by atoms with Crippen LogP contribution < -0.4 is 4.99 Å². The Morgan fingerprint density at radius 1 is 1.56 bits per heavy atom. The molecule has 0 aromatic rings. The van der Waals surface area contributed by atoms with Gasteiger partial charge < -0.3 is 0 Å². The molecule has 1 aliphatic heterocycles. The number of rotatable bonds is 0. The van der Waals surface area contributed by atoms with Crippen molar-refractivity contribution in [3.05, 3.63) is 23.9 Å². The summed E-state index contributed by atoms with van der Waals surface area (Å²) in [5, 5.41) is 0. The van der Waals surface area contributed by atoms with E-state index in [1.165, 1.54) is 0 Å². The number of aliphatic imine (C=N–C) groups is 1. The molecule has 0 amide bonds. The topological polar surface area (TPSA) is 26.3 Å². The molecule has 2 heteroatoms. The molecule has 0 unspecified atom stereocenters. The zero-order chi connectivity index (χ0) is 6.10. The Bertz CT molecular complexity index is 244. The summed E-state index contributed by atoms with van der Waals surface area (Å²) in [6, 6.07) is 0. The van der Waals surface area contributed by atoms with Gasteiger partial charge in [-0.1, -0.05) is 12.2 Å². The molecule has 9 heavy (non-hydrogen) atoms. The number of hydrogen-bond donors (Lipinski definition) is 1. The summed E-state index contributed by atoms with van der Waals surface area (Å²) in [6.07, 6.45) is 8.87. The molecule has 2 rings (SSSR count). The predicted molar refractivity (Wildman–Crippen MR) is 36.3 cm³/mol. The Kier molecular flexibility index (Phi) is 0.859. The third-order valence-electron chi connectivity index (χ3n) is 1.46. The first kappa shape index (κ1) is 4.68. The van der Waals surface area contributed by atoms with Crippen molar-refractivity contribution < 1.29 is 4.99 Å². The van der Waals surface area contributed by atoms with E-state index in [1.54, 1.807) is 6.34 Å². The van der Waals surface area contributed by atoms with E-state index in [1.807, 2.05) is 12.2 Å². The van der Waals surface area contributed by atoms with Gasteiger partial charge in [0.25, 0.3) is 6.34 Å². The van der Waals surface area contributed by atoms with Crippen LogP contribution in [0, 0.1) is 0 Å². The number of allylic oxidation sites excluding steroid dienone is 4. The minimum atomic E-state index is 0.968. The summed E-state index contributed by atoms with van der Waals surface area (Å²) < 4.78 is 0. The van der Waals surface area contributed by atoms with Gasteiger partial charge in [0.1, 0.15) is 0 Å². The molecule has 2 nitrogen and oxygen atoms in total. The van der Waals surface area contributed by atoms with Gasteiger partial charge in [-0.25, -0.2) is 4.99 Å². The van der Waals surface area contributed by atoms with Crippen LogP contribution in [0.5, 0.6) is 0 Å². The maximum absolute atomic E-state index is 4.12. The molecule has 0 bridgehead atoms. The van der Waals surface area contributed by atoms with Gasteiger partial charge in [-0.3, -0.25) is 0 Å². The lowest BCUT2D eigenvalue weighted by Gasteiger charge is -1.93. The first-order valence-electron chi connectivity index (χ1n) is 2.99. The average molecular weight is 119 g/mol. The van der Waals surface area contributed by atoms with Gasteiger partial charge in [0, 0.05) is 6.42 Å². The number of nitrogens with zero attached hydrogens (tertiary/aromatic N) is 1. The Morgan fingerprint density at radius 3 is 3.44 bits per heavy atom. The second-order valence-electron chi connectivity index (χ2n) is 2.06. The summed E-state index contributed by atoms with van der Waals surface area (Å²) in [4.78, 5) is 7.16. The third kappa shape index (κ3) is 0.633. The first-order valence-corrected chi connectivity index (χ1v) is 2.99. The van der Waals surface area contributed by atoms with Crippen molar-refractivity contribution in [2.75, 3.05) is 0 Å². The van der Waals surface area contributed by atoms with Crippen LogP contribution >= 0.6 is 0 Å². The smallest absolute Gasteiger partial charge is 0.240 e. The highest BCUT2D eigenvalue weighted by Crippen LogP contribution is 2.03. The Balaban J connectivity index is 2.46. The van der Waals surface area contributed by atoms with Gasteiger partial charge >= 0.3 is 0 Å². The van der Waals surface area contributed by atoms with E-state index >= 15 is 0 Å². The Hall–Kier alpha value is -1.18. The number of nitrogens with one attached hydrogen (secondary N) is 1. The molecule has 1 N–H and O–H groups in total. The van der Waals surface area contributed by atoms with E-state index in [9.17, 15) is 0 Å². The Labute approximate surface area is 53.3 Å². The maximum Gasteiger partial charge on any atom is 0.284 e. The zero-order valence-electron chi connectivity index (χ0n) is 4.96. The van der Waals surface area contributed by atoms with Gasteiger partial charge in [0.2, 0.25) is 5.71 Å². The molecule has 0 aromatic carbocycles. The summed E-state index contributed by atoms with van der Waals surface area (Å²) in [5.41, 5.74) is 2.30. The molecule has 0 radical (unpaired) electrons. The molecule has 1 heterocycles. The standard InChI is InChI=1S/C7H6N2/c1-2-4-7-6(3-1)8-5-9-7/h1-3,5H,4H2/p+1. The highest BCUT2D eigenvalue weighted by atomic mass is 15.0. The predicted octanol–water partition coefficient (Wildman–Crippen LogP) is -0.606. The molecule has 0 saturated carbocycles. The van der Waals surface area contributed by atoms with Crippen LogP contribution in [0.1, 0.15) is 6.42 Å². The van der Waals surface area contributed by atoms with E-state index < -0.39 is 0 Å². The van der Waals surface area contributed by atoms with E-state index in [2.05, 4.69) is 16.1 Å². The molecular weight excluding hydrogens is 112 g/mol. The highest BCUT2D eigenvalue weighted by molar-refractivity contribution is 6.05. The molecule has 0 spiro atoms. The molecule has 1 aliphatic carbocycles. The van der Waals surface area contributed by atoms with Crippen LogP contribution in [0.15, 0.2) is 28.9 Å². The molecule has 0 fully saturated rings. The molecular formula is C7H7N2+. The fourth-order valence-corrected chi connectivity index (χ4v) is 0.983. The second-order valence-corrected chi connectivity index (χ2v) is 2.06. The van der Waals surface area contributed by atoms with Crippen LogP contribution in [0.2, 0.25) is 0 Å². The van der Waals surface area contributed by atoms with E-state index in [0.717, 1.165) is 17.8 Å². The number of fused-ring (bicyclic) bond motifs is 1. The summed E-state index contributed by atoms with van der Waals surface area (Å²) in [5.74, 6) is 0. The lowest BCUT2D eigenvalue weighted by Crippen LogP contribution is -2.65. The summed E-state index contributed by atoms with van der Waals surface area (Å²) >= 11 is 0. The normalized spacial score (nSPS) is 21.3. The third-order valence-corrected chi connectivity index (χ3v) is 1.46. The molecule has 2 aliphatic rings. The monoisotopic (exact) mass is 119 g/mol. The number of hydrogen-bond acceptors (Lipinski definition) is 1. The summed E-state index contributed by atoms with van der Waals surface area (Å²) in [7, 11) is 0. The fourth-order valence-electron chi connectivity index (χ4n) is 0.983. The lowest BCUT2D eigenvalue weighted by atomic mass is 10.1. The second kappa shape index (κ2) is 1.65. The van der Waals surface area contributed by atoms with Crippen molar-refractivity contribution in [1.82, 2.24) is 0 Å². The van der Waals surface area contributed by atoms with Crippen LogP contribution in [-0.2, 0) is 0 Å². The lowest BCUT2D eigenvalue weighted by molar-refractivity contribution is -0.377. The SMILES string of the molecule is C1=CCC2=NC=[NH+]C2=C1.